The fourth-order valence-corrected chi connectivity index (χ4v) is 2.63. The van der Waals surface area contributed by atoms with Gasteiger partial charge in [-0.15, -0.1) is 0 Å². The number of hydrogen-bond donors (Lipinski definition) is 2. The molecule has 2 rings (SSSR count). The van der Waals surface area contributed by atoms with Crippen molar-refractivity contribution >= 4 is 23.3 Å². The average molecular weight is 296 g/mol. The fourth-order valence-electron chi connectivity index (χ4n) is 2.51. The van der Waals surface area contributed by atoms with E-state index in [1.165, 1.54) is 6.42 Å². The molecule has 0 spiro atoms. The summed E-state index contributed by atoms with van der Waals surface area (Å²) in [4.78, 5) is 14.0. The number of likely N-dealkylation sites (tertiary alicyclic amines) is 1. The molecule has 1 fully saturated rings. The number of benzene rings is 1. The third-order valence-corrected chi connectivity index (χ3v) is 4.05. The van der Waals surface area contributed by atoms with Crippen molar-refractivity contribution < 1.29 is 4.79 Å². The Morgan fingerprint density at radius 2 is 1.95 bits per heavy atom. The molecule has 1 aliphatic heterocycles. The molecule has 0 saturated carbocycles. The van der Waals surface area contributed by atoms with E-state index in [9.17, 15) is 4.79 Å². The van der Waals surface area contributed by atoms with Crippen LogP contribution in [0.2, 0.25) is 5.02 Å². The van der Waals surface area contributed by atoms with Crippen LogP contribution in [0, 0.1) is 5.92 Å². The second-order valence-corrected chi connectivity index (χ2v) is 5.70. The second-order valence-electron chi connectivity index (χ2n) is 5.26. The topological polar surface area (TPSA) is 44.4 Å². The van der Waals surface area contributed by atoms with Crippen molar-refractivity contribution in [2.75, 3.05) is 32.0 Å². The first-order valence-corrected chi connectivity index (χ1v) is 7.53. The highest BCUT2D eigenvalue weighted by molar-refractivity contribution is 6.30. The van der Waals surface area contributed by atoms with Gasteiger partial charge in [0.1, 0.15) is 0 Å². The van der Waals surface area contributed by atoms with Crippen molar-refractivity contribution in [1.29, 1.82) is 0 Å². The number of hydrogen-bond acceptors (Lipinski definition) is 2. The highest BCUT2D eigenvalue weighted by Gasteiger charge is 2.22. The van der Waals surface area contributed by atoms with Gasteiger partial charge < -0.3 is 15.5 Å². The fraction of sp³-hybridized carbons (Fsp3) is 0.533. The van der Waals surface area contributed by atoms with Crippen molar-refractivity contribution in [2.24, 2.45) is 5.92 Å². The summed E-state index contributed by atoms with van der Waals surface area (Å²) in [7, 11) is 1.98. The maximum atomic E-state index is 12.1. The van der Waals surface area contributed by atoms with E-state index in [-0.39, 0.29) is 6.03 Å². The van der Waals surface area contributed by atoms with Crippen molar-refractivity contribution in [3.63, 3.8) is 0 Å². The molecule has 1 saturated heterocycles. The molecule has 20 heavy (non-hydrogen) atoms. The summed E-state index contributed by atoms with van der Waals surface area (Å²) >= 11 is 5.83. The summed E-state index contributed by atoms with van der Waals surface area (Å²) in [6.07, 6.45) is 3.38. The number of nitrogens with zero attached hydrogens (tertiary/aromatic N) is 1. The minimum Gasteiger partial charge on any atom is -0.325 e. The van der Waals surface area contributed by atoms with Crippen LogP contribution in [0.3, 0.4) is 0 Å². The first kappa shape index (κ1) is 15.1. The lowest BCUT2D eigenvalue weighted by Gasteiger charge is -2.32. The normalized spacial score (nSPS) is 16.2. The Hall–Kier alpha value is -1.26. The SMILES string of the molecule is CNCCC1CCN(C(=O)Nc2ccc(Cl)cc2)CC1. The lowest BCUT2D eigenvalue weighted by atomic mass is 9.94. The molecule has 1 aliphatic rings. The van der Waals surface area contributed by atoms with Crippen LogP contribution in [0.1, 0.15) is 19.3 Å². The summed E-state index contributed by atoms with van der Waals surface area (Å²) < 4.78 is 0. The zero-order valence-corrected chi connectivity index (χ0v) is 12.6. The van der Waals surface area contributed by atoms with Crippen LogP contribution in [0.25, 0.3) is 0 Å². The van der Waals surface area contributed by atoms with Crippen LogP contribution in [0.4, 0.5) is 10.5 Å². The molecule has 2 amide bonds. The Balaban J connectivity index is 1.78. The number of carbonyl (C=O) groups is 1. The third-order valence-electron chi connectivity index (χ3n) is 3.80. The molecule has 110 valence electrons. The van der Waals surface area contributed by atoms with Crippen molar-refractivity contribution in [1.82, 2.24) is 10.2 Å². The minimum atomic E-state index is -0.0145. The average Bonchev–Trinajstić information content (AvgIpc) is 2.48. The molecule has 0 atom stereocenters. The van der Waals surface area contributed by atoms with E-state index < -0.39 is 0 Å². The number of halogens is 1. The van der Waals surface area contributed by atoms with E-state index >= 15 is 0 Å². The molecule has 4 nitrogen and oxygen atoms in total. The molecule has 0 unspecified atom stereocenters. The van der Waals surface area contributed by atoms with Crippen molar-refractivity contribution in [2.45, 2.75) is 19.3 Å². The third kappa shape index (κ3) is 4.39. The summed E-state index contributed by atoms with van der Waals surface area (Å²) in [6, 6.07) is 7.18. The molecule has 1 aromatic rings. The molecule has 0 aromatic heterocycles. The van der Waals surface area contributed by atoms with Gasteiger partial charge in [-0.1, -0.05) is 11.6 Å². The predicted molar refractivity (Wildman–Crippen MR) is 83.3 cm³/mol. The van der Waals surface area contributed by atoms with E-state index in [1.807, 2.05) is 24.1 Å². The van der Waals surface area contributed by atoms with E-state index in [4.69, 9.17) is 11.6 Å². The Kier molecular flexibility index (Phi) is 5.68. The van der Waals surface area contributed by atoms with Gasteiger partial charge in [-0.25, -0.2) is 4.79 Å². The van der Waals surface area contributed by atoms with Gasteiger partial charge >= 0.3 is 6.03 Å². The Labute approximate surface area is 125 Å². The van der Waals surface area contributed by atoms with Gasteiger partial charge in [0.05, 0.1) is 0 Å². The van der Waals surface area contributed by atoms with Crippen molar-refractivity contribution in [3.05, 3.63) is 29.3 Å². The number of rotatable bonds is 4. The molecule has 1 heterocycles. The molecule has 0 radical (unpaired) electrons. The zero-order chi connectivity index (χ0) is 14.4. The van der Waals surface area contributed by atoms with Crippen LogP contribution < -0.4 is 10.6 Å². The molecule has 0 aliphatic carbocycles. The Morgan fingerprint density at radius 3 is 2.55 bits per heavy atom. The minimum absolute atomic E-state index is 0.0145. The number of piperidine rings is 1. The molecule has 1 aromatic carbocycles. The van der Waals surface area contributed by atoms with Gasteiger partial charge in [0, 0.05) is 23.8 Å². The van der Waals surface area contributed by atoms with Crippen LogP contribution in [-0.2, 0) is 0 Å². The molecular weight excluding hydrogens is 274 g/mol. The summed E-state index contributed by atoms with van der Waals surface area (Å²) in [5.74, 6) is 0.738. The van der Waals surface area contributed by atoms with Crippen LogP contribution >= 0.6 is 11.6 Å². The highest BCUT2D eigenvalue weighted by atomic mass is 35.5. The number of amides is 2. The molecule has 2 N–H and O–H groups in total. The number of urea groups is 1. The maximum Gasteiger partial charge on any atom is 0.321 e. The van der Waals surface area contributed by atoms with Crippen LogP contribution in [0.5, 0.6) is 0 Å². The van der Waals surface area contributed by atoms with Gasteiger partial charge in [-0.05, 0) is 63.0 Å². The van der Waals surface area contributed by atoms with Crippen LogP contribution in [-0.4, -0.2) is 37.6 Å². The highest BCUT2D eigenvalue weighted by Crippen LogP contribution is 2.21. The largest absolute Gasteiger partial charge is 0.325 e. The molecule has 5 heteroatoms. The summed E-state index contributed by atoms with van der Waals surface area (Å²) in [6.45, 7) is 2.74. The van der Waals surface area contributed by atoms with Gasteiger partial charge in [0.25, 0.3) is 0 Å². The molecular formula is C15H22ClN3O. The number of carbonyl (C=O) groups excluding carboxylic acids is 1. The van der Waals surface area contributed by atoms with Gasteiger partial charge in [0.2, 0.25) is 0 Å². The first-order chi connectivity index (χ1) is 9.69. The smallest absolute Gasteiger partial charge is 0.321 e. The lowest BCUT2D eigenvalue weighted by molar-refractivity contribution is 0.180. The molecule has 0 bridgehead atoms. The monoisotopic (exact) mass is 295 g/mol. The van der Waals surface area contributed by atoms with E-state index in [1.54, 1.807) is 12.1 Å². The summed E-state index contributed by atoms with van der Waals surface area (Å²) in [5, 5.41) is 6.77. The predicted octanol–water partition coefficient (Wildman–Crippen LogP) is 3.19. The van der Waals surface area contributed by atoms with E-state index in [0.717, 1.165) is 44.1 Å². The maximum absolute atomic E-state index is 12.1. The first-order valence-electron chi connectivity index (χ1n) is 7.15. The standard InChI is InChI=1S/C15H22ClN3O/c1-17-9-6-12-7-10-19(11-8-12)15(20)18-14-4-2-13(16)3-5-14/h2-5,12,17H,6-11H2,1H3,(H,18,20). The van der Waals surface area contributed by atoms with E-state index in [2.05, 4.69) is 10.6 Å². The van der Waals surface area contributed by atoms with Crippen LogP contribution in [0.15, 0.2) is 24.3 Å². The summed E-state index contributed by atoms with van der Waals surface area (Å²) in [5.41, 5.74) is 0.789. The Bertz CT molecular complexity index is 427. The number of anilines is 1. The van der Waals surface area contributed by atoms with Gasteiger partial charge in [-0.2, -0.15) is 0 Å². The zero-order valence-electron chi connectivity index (χ0n) is 11.9. The van der Waals surface area contributed by atoms with E-state index in [0.29, 0.717) is 5.02 Å². The second kappa shape index (κ2) is 7.50. The number of nitrogens with one attached hydrogen (secondary N) is 2. The Morgan fingerprint density at radius 1 is 1.30 bits per heavy atom. The van der Waals surface area contributed by atoms with Gasteiger partial charge in [-0.3, -0.25) is 0 Å². The lowest BCUT2D eigenvalue weighted by Crippen LogP contribution is -2.41. The van der Waals surface area contributed by atoms with Crippen molar-refractivity contribution in [3.8, 4) is 0 Å². The quantitative estimate of drug-likeness (QED) is 0.896. The van der Waals surface area contributed by atoms with Gasteiger partial charge in [0.15, 0.2) is 0 Å².